The summed E-state index contributed by atoms with van der Waals surface area (Å²) >= 11 is 7.82. The van der Waals surface area contributed by atoms with Crippen molar-refractivity contribution in [3.05, 3.63) is 46.6 Å². The lowest BCUT2D eigenvalue weighted by molar-refractivity contribution is 0.00582. The third-order valence-corrected chi connectivity index (χ3v) is 7.89. The molecule has 2 aromatic heterocycles. The van der Waals surface area contributed by atoms with Gasteiger partial charge in [-0.2, -0.15) is 0 Å². The summed E-state index contributed by atoms with van der Waals surface area (Å²) in [7, 11) is 0. The van der Waals surface area contributed by atoms with Gasteiger partial charge in [0.2, 0.25) is 5.95 Å². The Balaban J connectivity index is 1.54. The largest absolute Gasteiger partial charge is 0.383 e. The molecular formula is C24H28ClN5OS. The Labute approximate surface area is 197 Å². The van der Waals surface area contributed by atoms with Crippen molar-refractivity contribution in [2.45, 2.75) is 56.6 Å². The fourth-order valence-corrected chi connectivity index (χ4v) is 5.96. The number of piperidine rings is 1. The number of nitrogens with one attached hydrogen (secondary N) is 2. The molecule has 0 spiro atoms. The second-order valence-electron chi connectivity index (χ2n) is 8.73. The minimum absolute atomic E-state index is 0.430. The topological polar surface area (TPSA) is 83.0 Å². The number of hydrogen-bond donors (Lipinski definition) is 3. The van der Waals surface area contributed by atoms with E-state index in [-0.39, 0.29) is 0 Å². The smallest absolute Gasteiger partial charge is 0.223 e. The van der Waals surface area contributed by atoms with Gasteiger partial charge in [-0.15, -0.1) is 11.3 Å². The maximum atomic E-state index is 11.3. The van der Waals surface area contributed by atoms with Gasteiger partial charge in [-0.05, 0) is 57.0 Å². The van der Waals surface area contributed by atoms with Gasteiger partial charge in [-0.1, -0.05) is 43.0 Å². The molecule has 2 fully saturated rings. The Bertz CT molecular complexity index is 1080. The molecule has 5 rings (SSSR count). The zero-order valence-corrected chi connectivity index (χ0v) is 19.6. The molecule has 3 aromatic rings. The number of halogens is 1. The normalized spacial score (nSPS) is 19.1. The number of aromatic nitrogens is 3. The fraction of sp³-hybridized carbons (Fsp3) is 0.458. The highest BCUT2D eigenvalue weighted by Gasteiger charge is 2.36. The zero-order valence-electron chi connectivity index (χ0n) is 18.0. The maximum Gasteiger partial charge on any atom is 0.223 e. The molecule has 8 heteroatoms. The summed E-state index contributed by atoms with van der Waals surface area (Å²) in [5.74, 6) is 0.655. The van der Waals surface area contributed by atoms with E-state index in [0.717, 1.165) is 52.8 Å². The van der Waals surface area contributed by atoms with Crippen LogP contribution in [0.2, 0.25) is 5.02 Å². The molecule has 1 aromatic carbocycles. The van der Waals surface area contributed by atoms with Crippen LogP contribution in [0.5, 0.6) is 0 Å². The lowest BCUT2D eigenvalue weighted by Gasteiger charge is -2.30. The predicted octanol–water partition coefficient (Wildman–Crippen LogP) is 5.24. The summed E-state index contributed by atoms with van der Waals surface area (Å²) < 4.78 is 0. The van der Waals surface area contributed by atoms with E-state index >= 15 is 0 Å². The molecule has 168 valence electrons. The second kappa shape index (κ2) is 9.43. The number of rotatable bonds is 5. The van der Waals surface area contributed by atoms with E-state index in [1.807, 2.05) is 30.3 Å². The lowest BCUT2D eigenvalue weighted by atomic mass is 9.93. The molecule has 1 saturated heterocycles. The fourth-order valence-electron chi connectivity index (χ4n) is 4.56. The van der Waals surface area contributed by atoms with Gasteiger partial charge in [0.05, 0.1) is 16.3 Å². The van der Waals surface area contributed by atoms with Crippen LogP contribution in [-0.4, -0.2) is 39.2 Å². The minimum atomic E-state index is -0.919. The third kappa shape index (κ3) is 4.66. The number of aliphatic hydroxyl groups is 1. The van der Waals surface area contributed by atoms with Crippen molar-refractivity contribution in [1.82, 2.24) is 20.3 Å². The molecule has 32 heavy (non-hydrogen) atoms. The maximum absolute atomic E-state index is 11.3. The van der Waals surface area contributed by atoms with Crippen molar-refractivity contribution in [3.8, 4) is 21.8 Å². The first-order chi connectivity index (χ1) is 15.6. The first-order valence-corrected chi connectivity index (χ1v) is 12.6. The highest BCUT2D eigenvalue weighted by atomic mass is 35.5. The first kappa shape index (κ1) is 21.8. The molecule has 1 aliphatic carbocycles. The molecule has 3 N–H and O–H groups in total. The Hall–Kier alpha value is -2.06. The van der Waals surface area contributed by atoms with Crippen molar-refractivity contribution in [2.75, 3.05) is 18.4 Å². The van der Waals surface area contributed by atoms with Crippen LogP contribution in [-0.2, 0) is 5.60 Å². The molecule has 2 aliphatic rings. The number of thiazole rings is 1. The summed E-state index contributed by atoms with van der Waals surface area (Å²) in [6.45, 7) is 1.56. The van der Waals surface area contributed by atoms with Crippen molar-refractivity contribution in [3.63, 3.8) is 0 Å². The summed E-state index contributed by atoms with van der Waals surface area (Å²) in [4.78, 5) is 15.2. The van der Waals surface area contributed by atoms with E-state index in [0.29, 0.717) is 29.9 Å². The average Bonchev–Trinajstić information content (AvgIpc) is 3.27. The third-order valence-electron chi connectivity index (χ3n) is 6.38. The highest BCUT2D eigenvalue weighted by Crippen LogP contribution is 2.42. The van der Waals surface area contributed by atoms with Gasteiger partial charge in [0.25, 0.3) is 0 Å². The summed E-state index contributed by atoms with van der Waals surface area (Å²) in [6, 6.07) is 10.1. The summed E-state index contributed by atoms with van der Waals surface area (Å²) in [5, 5.41) is 19.6. The lowest BCUT2D eigenvalue weighted by Crippen LogP contribution is -2.39. The van der Waals surface area contributed by atoms with Crippen molar-refractivity contribution in [1.29, 1.82) is 0 Å². The Morgan fingerprint density at radius 2 is 1.91 bits per heavy atom. The van der Waals surface area contributed by atoms with Gasteiger partial charge in [-0.3, -0.25) is 0 Å². The molecule has 3 heterocycles. The standard InChI is InChI=1S/C24H28ClN5OS/c25-17-6-4-5-16(15-17)20-21(32-22(30-20)24(31)10-13-26-14-11-24)19-9-12-27-23(29-19)28-18-7-2-1-3-8-18/h4-6,9,12,15,18,26,31H,1-3,7-8,10-11,13-14H2,(H,27,28,29). The number of nitrogens with zero attached hydrogens (tertiary/aromatic N) is 3. The molecular weight excluding hydrogens is 442 g/mol. The van der Waals surface area contributed by atoms with Crippen molar-refractivity contribution < 1.29 is 5.11 Å². The molecule has 0 amide bonds. The molecule has 1 aliphatic heterocycles. The quantitative estimate of drug-likeness (QED) is 0.474. The number of anilines is 1. The molecule has 1 saturated carbocycles. The minimum Gasteiger partial charge on any atom is -0.383 e. The van der Waals surface area contributed by atoms with Crippen molar-refractivity contribution >= 4 is 28.9 Å². The van der Waals surface area contributed by atoms with Gasteiger partial charge >= 0.3 is 0 Å². The molecule has 0 atom stereocenters. The van der Waals surface area contributed by atoms with Crippen LogP contribution < -0.4 is 10.6 Å². The monoisotopic (exact) mass is 469 g/mol. The average molecular weight is 470 g/mol. The van der Waals surface area contributed by atoms with E-state index in [4.69, 9.17) is 21.6 Å². The molecule has 0 radical (unpaired) electrons. The Kier molecular flexibility index (Phi) is 6.42. The van der Waals surface area contributed by atoms with Gasteiger partial charge in [0.15, 0.2) is 0 Å². The van der Waals surface area contributed by atoms with Crippen LogP contribution in [0, 0.1) is 0 Å². The van der Waals surface area contributed by atoms with Crippen molar-refractivity contribution in [2.24, 2.45) is 0 Å². The van der Waals surface area contributed by atoms with E-state index in [1.165, 1.54) is 30.6 Å². The van der Waals surface area contributed by atoms with Crippen LogP contribution in [0.4, 0.5) is 5.95 Å². The van der Waals surface area contributed by atoms with Crippen LogP contribution in [0.15, 0.2) is 36.5 Å². The highest BCUT2D eigenvalue weighted by molar-refractivity contribution is 7.15. The van der Waals surface area contributed by atoms with Gasteiger partial charge in [0.1, 0.15) is 10.6 Å². The summed E-state index contributed by atoms with van der Waals surface area (Å²) in [6.07, 6.45) is 9.22. The van der Waals surface area contributed by atoms with E-state index < -0.39 is 5.60 Å². The van der Waals surface area contributed by atoms with Crippen LogP contribution in [0.3, 0.4) is 0 Å². The van der Waals surface area contributed by atoms with Crippen LogP contribution in [0.1, 0.15) is 50.0 Å². The van der Waals surface area contributed by atoms with Crippen LogP contribution >= 0.6 is 22.9 Å². The molecule has 6 nitrogen and oxygen atoms in total. The van der Waals surface area contributed by atoms with E-state index in [1.54, 1.807) is 6.20 Å². The molecule has 0 bridgehead atoms. The first-order valence-electron chi connectivity index (χ1n) is 11.4. The zero-order chi connectivity index (χ0) is 22.0. The summed E-state index contributed by atoms with van der Waals surface area (Å²) in [5.41, 5.74) is 1.63. The SMILES string of the molecule is OC1(c2nc(-c3cccc(Cl)c3)c(-c3ccnc(NC4CCCCC4)n3)s2)CCNCC1. The Morgan fingerprint density at radius 1 is 1.09 bits per heavy atom. The second-order valence-corrected chi connectivity index (χ2v) is 10.2. The molecule has 0 unspecified atom stereocenters. The van der Waals surface area contributed by atoms with Gasteiger partial charge in [0, 0.05) is 22.8 Å². The number of benzene rings is 1. The van der Waals surface area contributed by atoms with E-state index in [9.17, 15) is 5.11 Å². The van der Waals surface area contributed by atoms with E-state index in [2.05, 4.69) is 15.6 Å². The number of hydrogen-bond acceptors (Lipinski definition) is 7. The van der Waals surface area contributed by atoms with Gasteiger partial charge in [-0.25, -0.2) is 15.0 Å². The van der Waals surface area contributed by atoms with Crippen LogP contribution in [0.25, 0.3) is 21.8 Å². The Morgan fingerprint density at radius 3 is 2.69 bits per heavy atom. The predicted molar refractivity (Wildman–Crippen MR) is 130 cm³/mol. The van der Waals surface area contributed by atoms with Gasteiger partial charge < -0.3 is 15.7 Å².